The maximum absolute atomic E-state index is 5.64. The lowest BCUT2D eigenvalue weighted by molar-refractivity contribution is 0.392. The van der Waals surface area contributed by atoms with Gasteiger partial charge in [-0.2, -0.15) is 11.3 Å². The molecule has 3 rings (SSSR count). The molecular weight excluding hydrogens is 262 g/mol. The molecule has 5 nitrogen and oxygen atoms in total. The smallest absolute Gasteiger partial charge is 0.248 e. The fourth-order valence-electron chi connectivity index (χ4n) is 1.95. The molecule has 0 bridgehead atoms. The first-order chi connectivity index (χ1) is 9.24. The molecule has 0 aromatic carbocycles. The molecule has 0 atom stereocenters. The molecule has 0 fully saturated rings. The Labute approximate surface area is 114 Å². The average Bonchev–Trinajstić information content (AvgIpc) is 3.10. The van der Waals surface area contributed by atoms with Crippen molar-refractivity contribution < 1.29 is 8.94 Å². The van der Waals surface area contributed by atoms with Crippen LogP contribution in [0.5, 0.6) is 0 Å². The van der Waals surface area contributed by atoms with Crippen molar-refractivity contribution in [3.63, 3.8) is 0 Å². The first kappa shape index (κ1) is 12.1. The predicted molar refractivity (Wildman–Crippen MR) is 71.0 cm³/mol. The Bertz CT molecular complexity index is 650. The molecule has 3 aromatic heterocycles. The lowest BCUT2D eigenvalue weighted by atomic mass is 10.1. The maximum atomic E-state index is 5.64. The Hall–Kier alpha value is -1.95. The summed E-state index contributed by atoms with van der Waals surface area (Å²) in [7, 11) is 0. The van der Waals surface area contributed by atoms with E-state index in [9.17, 15) is 0 Å². The van der Waals surface area contributed by atoms with Gasteiger partial charge in [0, 0.05) is 22.9 Å². The van der Waals surface area contributed by atoms with Gasteiger partial charge in [0.15, 0.2) is 0 Å². The number of nitrogens with zero attached hydrogens (tertiary/aromatic N) is 3. The third kappa shape index (κ3) is 2.44. The van der Waals surface area contributed by atoms with Crippen molar-refractivity contribution in [2.24, 2.45) is 0 Å². The summed E-state index contributed by atoms with van der Waals surface area (Å²) in [6.45, 7) is 3.86. The molecule has 0 aliphatic carbocycles. The van der Waals surface area contributed by atoms with E-state index in [-0.39, 0.29) is 0 Å². The lowest BCUT2D eigenvalue weighted by Gasteiger charge is -1.96. The molecule has 0 N–H and O–H groups in total. The Balaban J connectivity index is 1.71. The summed E-state index contributed by atoms with van der Waals surface area (Å²) < 4.78 is 10.8. The second-order valence-electron chi connectivity index (χ2n) is 4.32. The molecular formula is C13H13N3O2S. The van der Waals surface area contributed by atoms with Gasteiger partial charge in [-0.25, -0.2) is 0 Å². The van der Waals surface area contributed by atoms with Gasteiger partial charge in [-0.05, 0) is 31.7 Å². The molecule has 3 heterocycles. The molecule has 0 aliphatic heterocycles. The minimum atomic E-state index is 0.579. The van der Waals surface area contributed by atoms with Crippen molar-refractivity contribution in [2.45, 2.75) is 26.7 Å². The monoisotopic (exact) mass is 275 g/mol. The molecule has 6 heteroatoms. The van der Waals surface area contributed by atoms with E-state index in [2.05, 4.69) is 15.4 Å². The standard InChI is InChI=1S/C13H13N3O2S/c1-8-11(9(2)18-16-8)3-4-12-14-15-13(17-12)10-5-6-19-7-10/h5-7H,3-4H2,1-2H3. The molecule has 0 unspecified atom stereocenters. The van der Waals surface area contributed by atoms with Crippen LogP contribution in [0.2, 0.25) is 0 Å². The first-order valence-corrected chi connectivity index (χ1v) is 6.95. The fourth-order valence-corrected chi connectivity index (χ4v) is 2.58. The highest BCUT2D eigenvalue weighted by molar-refractivity contribution is 7.08. The number of rotatable bonds is 4. The normalized spacial score (nSPS) is 11.1. The quantitative estimate of drug-likeness (QED) is 0.731. The second kappa shape index (κ2) is 4.97. The molecule has 98 valence electrons. The number of aromatic nitrogens is 3. The van der Waals surface area contributed by atoms with Crippen molar-refractivity contribution in [3.05, 3.63) is 39.7 Å². The van der Waals surface area contributed by atoms with Crippen LogP contribution in [0.15, 0.2) is 25.8 Å². The minimum absolute atomic E-state index is 0.579. The second-order valence-corrected chi connectivity index (χ2v) is 5.10. The van der Waals surface area contributed by atoms with E-state index in [4.69, 9.17) is 8.94 Å². The van der Waals surface area contributed by atoms with Gasteiger partial charge in [-0.3, -0.25) is 0 Å². The first-order valence-electron chi connectivity index (χ1n) is 6.00. The molecule has 0 aliphatic rings. The van der Waals surface area contributed by atoms with E-state index in [1.54, 1.807) is 11.3 Å². The topological polar surface area (TPSA) is 65.0 Å². The summed E-state index contributed by atoms with van der Waals surface area (Å²) in [6, 6.07) is 1.97. The Kier molecular flexibility index (Phi) is 3.16. The third-order valence-electron chi connectivity index (χ3n) is 3.01. The third-order valence-corrected chi connectivity index (χ3v) is 3.69. The van der Waals surface area contributed by atoms with E-state index in [0.29, 0.717) is 18.2 Å². The van der Waals surface area contributed by atoms with E-state index in [0.717, 1.165) is 29.0 Å². The van der Waals surface area contributed by atoms with Crippen molar-refractivity contribution >= 4 is 11.3 Å². The van der Waals surface area contributed by atoms with Crippen molar-refractivity contribution in [1.82, 2.24) is 15.4 Å². The van der Waals surface area contributed by atoms with Crippen LogP contribution >= 0.6 is 11.3 Å². The summed E-state index contributed by atoms with van der Waals surface area (Å²) in [5, 5.41) is 16.0. The van der Waals surface area contributed by atoms with Gasteiger partial charge in [-0.1, -0.05) is 5.16 Å². The van der Waals surface area contributed by atoms with Crippen LogP contribution in [-0.2, 0) is 12.8 Å². The van der Waals surface area contributed by atoms with Crippen LogP contribution in [0.4, 0.5) is 0 Å². The van der Waals surface area contributed by atoms with Crippen LogP contribution in [0.25, 0.3) is 11.5 Å². The Morgan fingerprint density at radius 3 is 2.79 bits per heavy atom. The van der Waals surface area contributed by atoms with Gasteiger partial charge in [0.2, 0.25) is 11.8 Å². The molecule has 0 radical (unpaired) electrons. The van der Waals surface area contributed by atoms with Gasteiger partial charge in [0.05, 0.1) is 5.69 Å². The van der Waals surface area contributed by atoms with Gasteiger partial charge in [0.1, 0.15) is 5.76 Å². The highest BCUT2D eigenvalue weighted by Gasteiger charge is 2.12. The van der Waals surface area contributed by atoms with Crippen LogP contribution in [-0.4, -0.2) is 15.4 Å². The summed E-state index contributed by atoms with van der Waals surface area (Å²) in [5.74, 6) is 2.08. The average molecular weight is 275 g/mol. The van der Waals surface area contributed by atoms with E-state index in [1.165, 1.54) is 0 Å². The van der Waals surface area contributed by atoms with Crippen LogP contribution in [0.1, 0.15) is 22.9 Å². The van der Waals surface area contributed by atoms with Crippen molar-refractivity contribution in [3.8, 4) is 11.5 Å². The summed E-state index contributed by atoms with van der Waals surface area (Å²) in [4.78, 5) is 0. The van der Waals surface area contributed by atoms with Crippen LogP contribution in [0, 0.1) is 13.8 Å². The lowest BCUT2D eigenvalue weighted by Crippen LogP contribution is -1.94. The molecule has 3 aromatic rings. The summed E-state index contributed by atoms with van der Waals surface area (Å²) in [5.41, 5.74) is 3.02. The van der Waals surface area contributed by atoms with Crippen LogP contribution in [0.3, 0.4) is 0 Å². The summed E-state index contributed by atoms with van der Waals surface area (Å²) in [6.07, 6.45) is 1.49. The number of hydrogen-bond acceptors (Lipinski definition) is 6. The van der Waals surface area contributed by atoms with E-state index >= 15 is 0 Å². The fraction of sp³-hybridized carbons (Fsp3) is 0.308. The molecule has 0 saturated heterocycles. The number of aryl methyl sites for hydroxylation is 3. The predicted octanol–water partition coefficient (Wildman–Crippen LogP) is 3.19. The van der Waals surface area contributed by atoms with Gasteiger partial charge < -0.3 is 8.94 Å². The van der Waals surface area contributed by atoms with Gasteiger partial charge in [-0.15, -0.1) is 10.2 Å². The number of thiophene rings is 1. The molecule has 0 spiro atoms. The van der Waals surface area contributed by atoms with Gasteiger partial charge >= 0.3 is 0 Å². The highest BCUT2D eigenvalue weighted by Crippen LogP contribution is 2.21. The SMILES string of the molecule is Cc1noc(C)c1CCc1nnc(-c2ccsc2)o1. The minimum Gasteiger partial charge on any atom is -0.421 e. The zero-order valence-corrected chi connectivity index (χ0v) is 11.5. The van der Waals surface area contributed by atoms with Gasteiger partial charge in [0.25, 0.3) is 0 Å². The Morgan fingerprint density at radius 1 is 1.21 bits per heavy atom. The number of hydrogen-bond donors (Lipinski definition) is 0. The molecule has 0 saturated carbocycles. The van der Waals surface area contributed by atoms with Crippen molar-refractivity contribution in [1.29, 1.82) is 0 Å². The summed E-state index contributed by atoms with van der Waals surface area (Å²) >= 11 is 1.61. The highest BCUT2D eigenvalue weighted by atomic mass is 32.1. The molecule has 19 heavy (non-hydrogen) atoms. The molecule has 0 amide bonds. The maximum Gasteiger partial charge on any atom is 0.248 e. The van der Waals surface area contributed by atoms with E-state index in [1.807, 2.05) is 30.7 Å². The van der Waals surface area contributed by atoms with E-state index < -0.39 is 0 Å². The van der Waals surface area contributed by atoms with Crippen molar-refractivity contribution in [2.75, 3.05) is 0 Å². The zero-order chi connectivity index (χ0) is 13.2. The van der Waals surface area contributed by atoms with Crippen LogP contribution < -0.4 is 0 Å². The largest absolute Gasteiger partial charge is 0.421 e. The zero-order valence-electron chi connectivity index (χ0n) is 10.7. The Morgan fingerprint density at radius 2 is 2.11 bits per heavy atom.